The van der Waals surface area contributed by atoms with Crippen LogP contribution < -0.4 is 0 Å². The number of para-hydroxylation sites is 1. The number of fused-ring (bicyclic) bond motifs is 1. The van der Waals surface area contributed by atoms with E-state index in [-0.39, 0.29) is 0 Å². The minimum Gasteiger partial charge on any atom is -0.331 e. The van der Waals surface area contributed by atoms with Crippen molar-refractivity contribution in [2.75, 3.05) is 0 Å². The minimum atomic E-state index is 0.965. The molecule has 2 rings (SSSR count). The molecular formula is C9H9BrN2. The molecule has 3 heteroatoms. The number of benzene rings is 1. The van der Waals surface area contributed by atoms with E-state index in [0.29, 0.717) is 0 Å². The number of aryl methyl sites for hydroxylation is 1. The van der Waals surface area contributed by atoms with Crippen LogP contribution in [0, 0.1) is 0 Å². The summed E-state index contributed by atoms with van der Waals surface area (Å²) in [5.74, 6) is 0. The highest BCUT2D eigenvalue weighted by atomic mass is 79.9. The van der Waals surface area contributed by atoms with Gasteiger partial charge in [0.05, 0.1) is 11.8 Å². The predicted octanol–water partition coefficient (Wildman–Crippen LogP) is 2.82. The van der Waals surface area contributed by atoms with Crippen molar-refractivity contribution >= 4 is 27.0 Å². The maximum absolute atomic E-state index is 4.31. The smallest absolute Gasteiger partial charge is 0.103 e. The summed E-state index contributed by atoms with van der Waals surface area (Å²) in [6.07, 6.45) is 1.87. The van der Waals surface area contributed by atoms with Gasteiger partial charge in [-0.3, -0.25) is 0 Å². The lowest BCUT2D eigenvalue weighted by Gasteiger charge is -1.97. The van der Waals surface area contributed by atoms with Gasteiger partial charge in [0.2, 0.25) is 0 Å². The second-order valence-electron chi connectivity index (χ2n) is 2.64. The Labute approximate surface area is 79.3 Å². The third-order valence-electron chi connectivity index (χ3n) is 1.94. The lowest BCUT2D eigenvalue weighted by Crippen LogP contribution is -1.89. The van der Waals surface area contributed by atoms with Crippen LogP contribution >= 0.6 is 15.9 Å². The van der Waals surface area contributed by atoms with Crippen LogP contribution in [-0.2, 0) is 6.54 Å². The first-order valence-corrected chi connectivity index (χ1v) is 4.71. The molecule has 1 aromatic carbocycles. The molecule has 0 aliphatic rings. The highest BCUT2D eigenvalue weighted by Gasteiger charge is 2.02. The Morgan fingerprint density at radius 3 is 3.08 bits per heavy atom. The average molecular weight is 225 g/mol. The summed E-state index contributed by atoms with van der Waals surface area (Å²) in [5.41, 5.74) is 2.23. The van der Waals surface area contributed by atoms with Crippen LogP contribution in [0.5, 0.6) is 0 Å². The van der Waals surface area contributed by atoms with Gasteiger partial charge < -0.3 is 4.57 Å². The van der Waals surface area contributed by atoms with Crippen molar-refractivity contribution in [3.8, 4) is 0 Å². The summed E-state index contributed by atoms with van der Waals surface area (Å²) < 4.78 is 3.19. The van der Waals surface area contributed by atoms with Gasteiger partial charge in [-0.05, 0) is 35.0 Å². The summed E-state index contributed by atoms with van der Waals surface area (Å²) in [6.45, 7) is 3.08. The molecule has 0 fully saturated rings. The predicted molar refractivity (Wildman–Crippen MR) is 53.1 cm³/mol. The average Bonchev–Trinajstić information content (AvgIpc) is 2.49. The van der Waals surface area contributed by atoms with E-state index in [9.17, 15) is 0 Å². The molecule has 0 atom stereocenters. The number of rotatable bonds is 1. The molecule has 0 aliphatic heterocycles. The Balaban J connectivity index is 2.80. The van der Waals surface area contributed by atoms with Crippen LogP contribution in [0.25, 0.3) is 11.0 Å². The third-order valence-corrected chi connectivity index (χ3v) is 2.58. The SMILES string of the molecule is CCn1cnc2c(Br)cccc21. The molecule has 0 amide bonds. The third kappa shape index (κ3) is 1.05. The normalized spacial score (nSPS) is 10.8. The van der Waals surface area contributed by atoms with Crippen molar-refractivity contribution in [3.05, 3.63) is 29.0 Å². The van der Waals surface area contributed by atoms with E-state index in [1.807, 2.05) is 18.5 Å². The molecule has 1 heterocycles. The Morgan fingerprint density at radius 2 is 2.33 bits per heavy atom. The number of hydrogen-bond donors (Lipinski definition) is 0. The molecule has 1 aromatic heterocycles. The van der Waals surface area contributed by atoms with Crippen LogP contribution in [-0.4, -0.2) is 9.55 Å². The standard InChI is InChI=1S/C9H9BrN2/c1-2-12-6-11-9-7(10)4-3-5-8(9)12/h3-6H,2H2,1H3. The zero-order valence-electron chi connectivity index (χ0n) is 6.79. The summed E-state index contributed by atoms with van der Waals surface area (Å²) in [4.78, 5) is 4.31. The quantitative estimate of drug-likeness (QED) is 0.729. The van der Waals surface area contributed by atoms with Crippen molar-refractivity contribution in [2.24, 2.45) is 0 Å². The number of aromatic nitrogens is 2. The summed E-state index contributed by atoms with van der Waals surface area (Å²) in [5, 5.41) is 0. The van der Waals surface area contributed by atoms with Crippen LogP contribution in [0.1, 0.15) is 6.92 Å². The van der Waals surface area contributed by atoms with E-state index in [0.717, 1.165) is 16.5 Å². The molecule has 2 nitrogen and oxygen atoms in total. The molecule has 0 spiro atoms. The molecule has 12 heavy (non-hydrogen) atoms. The lowest BCUT2D eigenvalue weighted by molar-refractivity contribution is 0.787. The zero-order valence-corrected chi connectivity index (χ0v) is 8.37. The second-order valence-corrected chi connectivity index (χ2v) is 3.49. The molecular weight excluding hydrogens is 216 g/mol. The van der Waals surface area contributed by atoms with Crippen LogP contribution in [0.4, 0.5) is 0 Å². The number of imidazole rings is 1. The van der Waals surface area contributed by atoms with Gasteiger partial charge in [0.1, 0.15) is 5.52 Å². The van der Waals surface area contributed by atoms with Gasteiger partial charge in [-0.15, -0.1) is 0 Å². The molecule has 0 radical (unpaired) electrons. The van der Waals surface area contributed by atoms with E-state index >= 15 is 0 Å². The molecule has 0 saturated heterocycles. The monoisotopic (exact) mass is 224 g/mol. The largest absolute Gasteiger partial charge is 0.331 e. The Kier molecular flexibility index (Phi) is 1.89. The number of nitrogens with zero attached hydrogens (tertiary/aromatic N) is 2. The fraction of sp³-hybridized carbons (Fsp3) is 0.222. The summed E-state index contributed by atoms with van der Waals surface area (Å²) >= 11 is 3.46. The zero-order chi connectivity index (χ0) is 8.55. The van der Waals surface area contributed by atoms with Crippen molar-refractivity contribution in [3.63, 3.8) is 0 Å². The van der Waals surface area contributed by atoms with Crippen molar-refractivity contribution in [2.45, 2.75) is 13.5 Å². The van der Waals surface area contributed by atoms with Crippen molar-refractivity contribution in [1.29, 1.82) is 0 Å². The molecule has 0 aliphatic carbocycles. The first kappa shape index (κ1) is 7.80. The molecule has 2 aromatic rings. The van der Waals surface area contributed by atoms with Crippen molar-refractivity contribution < 1.29 is 0 Å². The fourth-order valence-electron chi connectivity index (χ4n) is 1.31. The Hall–Kier alpha value is -0.830. The molecule has 62 valence electrons. The second kappa shape index (κ2) is 2.90. The van der Waals surface area contributed by atoms with Crippen LogP contribution in [0.3, 0.4) is 0 Å². The van der Waals surface area contributed by atoms with E-state index in [2.05, 4.69) is 38.5 Å². The van der Waals surface area contributed by atoms with Crippen LogP contribution in [0.15, 0.2) is 29.0 Å². The Morgan fingerprint density at radius 1 is 1.50 bits per heavy atom. The lowest BCUT2D eigenvalue weighted by atomic mass is 10.3. The molecule has 0 N–H and O–H groups in total. The van der Waals surface area contributed by atoms with Gasteiger partial charge in [-0.2, -0.15) is 0 Å². The number of hydrogen-bond acceptors (Lipinski definition) is 1. The van der Waals surface area contributed by atoms with E-state index < -0.39 is 0 Å². The minimum absolute atomic E-state index is 0.965. The highest BCUT2D eigenvalue weighted by molar-refractivity contribution is 9.10. The van der Waals surface area contributed by atoms with E-state index in [4.69, 9.17) is 0 Å². The number of halogens is 1. The fourth-order valence-corrected chi connectivity index (χ4v) is 1.76. The molecule has 0 unspecified atom stereocenters. The van der Waals surface area contributed by atoms with Gasteiger partial charge >= 0.3 is 0 Å². The van der Waals surface area contributed by atoms with E-state index in [1.165, 1.54) is 5.52 Å². The van der Waals surface area contributed by atoms with Crippen LogP contribution in [0.2, 0.25) is 0 Å². The van der Waals surface area contributed by atoms with Gasteiger partial charge in [-0.25, -0.2) is 4.98 Å². The first-order chi connectivity index (χ1) is 5.83. The van der Waals surface area contributed by atoms with Gasteiger partial charge in [-0.1, -0.05) is 6.07 Å². The van der Waals surface area contributed by atoms with Crippen molar-refractivity contribution in [1.82, 2.24) is 9.55 Å². The molecule has 0 bridgehead atoms. The first-order valence-electron chi connectivity index (χ1n) is 3.92. The maximum atomic E-state index is 4.31. The van der Waals surface area contributed by atoms with E-state index in [1.54, 1.807) is 0 Å². The maximum Gasteiger partial charge on any atom is 0.103 e. The summed E-state index contributed by atoms with van der Waals surface area (Å²) in [7, 11) is 0. The van der Waals surface area contributed by atoms with Gasteiger partial charge in [0.15, 0.2) is 0 Å². The highest BCUT2D eigenvalue weighted by Crippen LogP contribution is 2.21. The summed E-state index contributed by atoms with van der Waals surface area (Å²) in [6, 6.07) is 6.12. The molecule has 0 saturated carbocycles. The topological polar surface area (TPSA) is 17.8 Å². The Bertz CT molecular complexity index is 406. The van der Waals surface area contributed by atoms with Gasteiger partial charge in [0, 0.05) is 11.0 Å². The van der Waals surface area contributed by atoms with Gasteiger partial charge in [0.25, 0.3) is 0 Å².